The Labute approximate surface area is 83.6 Å². The van der Waals surface area contributed by atoms with E-state index in [0.717, 1.165) is 5.56 Å². The lowest BCUT2D eigenvalue weighted by molar-refractivity contribution is -0.112. The molecule has 0 aliphatic rings. The molecule has 2 nitrogen and oxygen atoms in total. The zero-order valence-corrected chi connectivity index (χ0v) is 7.97. The highest BCUT2D eigenvalue weighted by Crippen LogP contribution is 1.99. The van der Waals surface area contributed by atoms with E-state index in [0.29, 0.717) is 6.29 Å². The average molecular weight is 188 g/mol. The molecule has 0 heterocycles. The predicted octanol–water partition coefficient (Wildman–Crippen LogP) is 1.23. The van der Waals surface area contributed by atoms with Crippen molar-refractivity contribution in [2.45, 2.75) is 13.0 Å². The van der Waals surface area contributed by atoms with Crippen LogP contribution in [0.3, 0.4) is 0 Å². The van der Waals surface area contributed by atoms with Gasteiger partial charge in [-0.25, -0.2) is 0 Å². The summed E-state index contributed by atoms with van der Waals surface area (Å²) in [6, 6.07) is 9.35. The van der Waals surface area contributed by atoms with E-state index in [4.69, 9.17) is 0 Å². The minimum absolute atomic E-state index is 0.439. The highest BCUT2D eigenvalue weighted by molar-refractivity contribution is 5.55. The summed E-state index contributed by atoms with van der Waals surface area (Å²) in [5.74, 6) is 4.99. The lowest BCUT2D eigenvalue weighted by Crippen LogP contribution is -2.16. The number of carbonyl (C=O) groups excluding carboxylic acids is 1. The van der Waals surface area contributed by atoms with E-state index in [2.05, 4.69) is 11.8 Å². The van der Waals surface area contributed by atoms with Crippen molar-refractivity contribution in [3.05, 3.63) is 35.9 Å². The molecule has 2 heteroatoms. The van der Waals surface area contributed by atoms with Crippen LogP contribution < -0.4 is 0 Å². The molecule has 0 aliphatic heterocycles. The first-order chi connectivity index (χ1) is 6.74. The van der Waals surface area contributed by atoms with Gasteiger partial charge in [-0.1, -0.05) is 37.0 Å². The van der Waals surface area contributed by atoms with E-state index in [1.54, 1.807) is 6.92 Å². The molecule has 1 rings (SSSR count). The molecule has 0 spiro atoms. The molecule has 0 unspecified atom stereocenters. The number of hydrogen-bond acceptors (Lipinski definition) is 2. The van der Waals surface area contributed by atoms with Gasteiger partial charge >= 0.3 is 0 Å². The van der Waals surface area contributed by atoms with Crippen LogP contribution in [0, 0.1) is 17.8 Å². The van der Waals surface area contributed by atoms with Gasteiger partial charge in [-0.15, -0.1) is 0 Å². The summed E-state index contributed by atoms with van der Waals surface area (Å²) < 4.78 is 0. The summed E-state index contributed by atoms with van der Waals surface area (Å²) in [5, 5.41) is 9.37. The van der Waals surface area contributed by atoms with E-state index < -0.39 is 12.0 Å². The number of benzene rings is 1. The molecule has 0 radical (unpaired) electrons. The third-order valence-electron chi connectivity index (χ3n) is 1.85. The molecule has 0 fully saturated rings. The molecule has 2 atom stereocenters. The summed E-state index contributed by atoms with van der Waals surface area (Å²) in [6.07, 6.45) is -0.183. The Hall–Kier alpha value is -1.59. The number of carbonyl (C=O) groups is 1. The smallest absolute Gasteiger partial charge is 0.126 e. The van der Waals surface area contributed by atoms with Gasteiger partial charge in [0.25, 0.3) is 0 Å². The first-order valence-corrected chi connectivity index (χ1v) is 4.44. The molecule has 0 aliphatic carbocycles. The zero-order valence-electron chi connectivity index (χ0n) is 7.97. The molecule has 1 aromatic rings. The summed E-state index contributed by atoms with van der Waals surface area (Å²) in [4.78, 5) is 10.3. The second-order valence-electron chi connectivity index (χ2n) is 3.08. The number of aliphatic hydroxyl groups is 1. The number of hydrogen-bond donors (Lipinski definition) is 1. The van der Waals surface area contributed by atoms with Gasteiger partial charge in [-0.3, -0.25) is 0 Å². The highest BCUT2D eigenvalue weighted by Gasteiger charge is 2.08. The van der Waals surface area contributed by atoms with Crippen LogP contribution in [0.25, 0.3) is 0 Å². The van der Waals surface area contributed by atoms with E-state index in [1.165, 1.54) is 0 Å². The summed E-state index contributed by atoms with van der Waals surface area (Å²) >= 11 is 0. The third-order valence-corrected chi connectivity index (χ3v) is 1.85. The fourth-order valence-electron chi connectivity index (χ4n) is 0.885. The Balaban J connectivity index is 2.69. The lowest BCUT2D eigenvalue weighted by atomic mass is 10.1. The first-order valence-electron chi connectivity index (χ1n) is 4.44. The van der Waals surface area contributed by atoms with Crippen molar-refractivity contribution in [2.75, 3.05) is 0 Å². The molecular weight excluding hydrogens is 176 g/mol. The van der Waals surface area contributed by atoms with Crippen molar-refractivity contribution in [3.63, 3.8) is 0 Å². The van der Waals surface area contributed by atoms with Crippen LogP contribution in [0.4, 0.5) is 0 Å². The van der Waals surface area contributed by atoms with Crippen molar-refractivity contribution in [3.8, 4) is 11.8 Å². The largest absolute Gasteiger partial charge is 0.380 e. The molecule has 1 aromatic carbocycles. The average Bonchev–Trinajstić information content (AvgIpc) is 2.26. The van der Waals surface area contributed by atoms with Gasteiger partial charge in [0.05, 0.1) is 0 Å². The molecule has 72 valence electrons. The Morgan fingerprint density at radius 1 is 1.36 bits per heavy atom. The number of rotatable bonds is 2. The molecule has 0 bridgehead atoms. The van der Waals surface area contributed by atoms with Gasteiger partial charge in [-0.05, 0) is 12.1 Å². The molecule has 0 amide bonds. The van der Waals surface area contributed by atoms with Crippen molar-refractivity contribution in [2.24, 2.45) is 5.92 Å². The van der Waals surface area contributed by atoms with Gasteiger partial charge < -0.3 is 9.90 Å². The summed E-state index contributed by atoms with van der Waals surface area (Å²) in [7, 11) is 0. The Morgan fingerprint density at radius 3 is 2.57 bits per heavy atom. The molecule has 14 heavy (non-hydrogen) atoms. The third kappa shape index (κ3) is 3.04. The van der Waals surface area contributed by atoms with Crippen molar-refractivity contribution < 1.29 is 9.90 Å². The zero-order chi connectivity index (χ0) is 10.4. The number of aliphatic hydroxyl groups excluding tert-OH is 1. The Bertz CT molecular complexity index is 346. The fourth-order valence-corrected chi connectivity index (χ4v) is 0.885. The van der Waals surface area contributed by atoms with E-state index in [-0.39, 0.29) is 0 Å². The van der Waals surface area contributed by atoms with Gasteiger partial charge in [0, 0.05) is 11.5 Å². The van der Waals surface area contributed by atoms with Crippen molar-refractivity contribution >= 4 is 6.29 Å². The molecule has 0 saturated carbocycles. The van der Waals surface area contributed by atoms with Gasteiger partial charge in [-0.2, -0.15) is 0 Å². The Kier molecular flexibility index (Phi) is 3.90. The van der Waals surface area contributed by atoms with Gasteiger partial charge in [0.15, 0.2) is 0 Å². The number of aldehydes is 1. The maximum Gasteiger partial charge on any atom is 0.126 e. The first kappa shape index (κ1) is 10.5. The monoisotopic (exact) mass is 188 g/mol. The SMILES string of the molecule is C[C@H](C=O)[C@@H](O)C#Cc1ccccc1. The molecule has 0 aromatic heterocycles. The van der Waals surface area contributed by atoms with Crippen LogP contribution in [-0.4, -0.2) is 17.5 Å². The van der Waals surface area contributed by atoms with E-state index in [1.807, 2.05) is 30.3 Å². The second-order valence-corrected chi connectivity index (χ2v) is 3.08. The van der Waals surface area contributed by atoms with Crippen molar-refractivity contribution in [1.82, 2.24) is 0 Å². The maximum atomic E-state index is 10.3. The summed E-state index contributed by atoms with van der Waals surface area (Å²) in [5.41, 5.74) is 0.838. The van der Waals surface area contributed by atoms with Crippen LogP contribution >= 0.6 is 0 Å². The van der Waals surface area contributed by atoms with E-state index >= 15 is 0 Å². The lowest BCUT2D eigenvalue weighted by Gasteiger charge is -2.03. The van der Waals surface area contributed by atoms with Crippen LogP contribution in [0.15, 0.2) is 30.3 Å². The van der Waals surface area contributed by atoms with E-state index in [9.17, 15) is 9.90 Å². The molecule has 0 saturated heterocycles. The molecule has 1 N–H and O–H groups in total. The predicted molar refractivity (Wildman–Crippen MR) is 54.6 cm³/mol. The van der Waals surface area contributed by atoms with Crippen LogP contribution in [-0.2, 0) is 4.79 Å². The van der Waals surface area contributed by atoms with Crippen LogP contribution in [0.2, 0.25) is 0 Å². The topological polar surface area (TPSA) is 37.3 Å². The Morgan fingerprint density at radius 2 is 2.00 bits per heavy atom. The maximum absolute atomic E-state index is 10.3. The fraction of sp³-hybridized carbons (Fsp3) is 0.250. The minimum atomic E-state index is -0.882. The quantitative estimate of drug-likeness (QED) is 0.560. The van der Waals surface area contributed by atoms with Crippen LogP contribution in [0.1, 0.15) is 12.5 Å². The van der Waals surface area contributed by atoms with Gasteiger partial charge in [0.2, 0.25) is 0 Å². The standard InChI is InChI=1S/C12H12O2/c1-10(9-13)12(14)8-7-11-5-3-2-4-6-11/h2-6,9-10,12,14H,1H3/t10-,12+/m1/s1. The van der Waals surface area contributed by atoms with Crippen molar-refractivity contribution in [1.29, 1.82) is 0 Å². The highest BCUT2D eigenvalue weighted by atomic mass is 16.3. The molecular formula is C12H12O2. The van der Waals surface area contributed by atoms with Gasteiger partial charge in [0.1, 0.15) is 12.4 Å². The second kappa shape index (κ2) is 5.21. The summed E-state index contributed by atoms with van der Waals surface area (Å²) in [6.45, 7) is 1.64. The normalized spacial score (nSPS) is 13.6. The van der Waals surface area contributed by atoms with Crippen LogP contribution in [0.5, 0.6) is 0 Å². The minimum Gasteiger partial charge on any atom is -0.380 e.